The summed E-state index contributed by atoms with van der Waals surface area (Å²) >= 11 is 0. The largest absolute Gasteiger partial charge is 0.105 e. The van der Waals surface area contributed by atoms with E-state index in [1.807, 2.05) is 0 Å². The average Bonchev–Trinajstić information content (AvgIpc) is 2.40. The van der Waals surface area contributed by atoms with Crippen molar-refractivity contribution in [1.29, 1.82) is 0 Å². The molecule has 0 aromatic rings. The van der Waals surface area contributed by atoms with Gasteiger partial charge in [0.15, 0.2) is 0 Å². The van der Waals surface area contributed by atoms with Crippen LogP contribution in [0.25, 0.3) is 0 Å². The van der Waals surface area contributed by atoms with Gasteiger partial charge in [-0.1, -0.05) is 64.9 Å². The first-order valence-corrected chi connectivity index (χ1v) is 10.5. The minimum Gasteiger partial charge on any atom is -0.105 e. The second-order valence-corrected chi connectivity index (χ2v) is 9.51. The van der Waals surface area contributed by atoms with Crippen LogP contribution in [0.4, 0.5) is 0 Å². The van der Waals surface area contributed by atoms with Crippen molar-refractivity contribution >= 4 is 12.7 Å². The van der Waals surface area contributed by atoms with Crippen LogP contribution in [0.15, 0.2) is 12.2 Å². The molecule has 0 amide bonds. The zero-order chi connectivity index (χ0) is 13.7. The molecule has 0 saturated heterocycles. The lowest BCUT2D eigenvalue weighted by atomic mass is 10.4. The molecule has 0 aromatic heterocycles. The van der Waals surface area contributed by atoms with Gasteiger partial charge < -0.3 is 0 Å². The molecule has 0 bridgehead atoms. The normalized spacial score (nSPS) is 12.2. The molecule has 0 nitrogen and oxygen atoms in total. The van der Waals surface area contributed by atoms with Crippen molar-refractivity contribution in [3.05, 3.63) is 12.2 Å². The van der Waals surface area contributed by atoms with Crippen LogP contribution in [-0.2, 0) is 0 Å². The Labute approximate surface area is 116 Å². The Kier molecular flexibility index (Phi) is 12.1. The van der Waals surface area contributed by atoms with Gasteiger partial charge >= 0.3 is 0 Å². The molecule has 0 saturated carbocycles. The monoisotopic (exact) mass is 270 g/mol. The van der Waals surface area contributed by atoms with Gasteiger partial charge in [-0.2, -0.15) is 0 Å². The second kappa shape index (κ2) is 12.1. The van der Waals surface area contributed by atoms with E-state index in [1.165, 1.54) is 63.4 Å². The molecule has 0 heterocycles. The third-order valence-corrected chi connectivity index (χ3v) is 8.07. The molecular formula is C17H35P. The maximum atomic E-state index is 2.65. The zero-order valence-electron chi connectivity index (χ0n) is 13.3. The molecule has 0 N–H and O–H groups in total. The van der Waals surface area contributed by atoms with Crippen LogP contribution < -0.4 is 0 Å². The minimum atomic E-state index is -0.787. The first-order valence-electron chi connectivity index (χ1n) is 8.11. The van der Waals surface area contributed by atoms with E-state index < -0.39 is 6.89 Å². The fourth-order valence-corrected chi connectivity index (χ4v) is 6.80. The van der Waals surface area contributed by atoms with Crippen molar-refractivity contribution < 1.29 is 0 Å². The van der Waals surface area contributed by atoms with Gasteiger partial charge in [0.1, 0.15) is 0 Å². The molecule has 0 rings (SSSR count). The first kappa shape index (κ1) is 18.0. The van der Waals surface area contributed by atoms with Crippen molar-refractivity contribution in [2.75, 3.05) is 18.5 Å². The predicted molar refractivity (Wildman–Crippen MR) is 91.7 cm³/mol. The van der Waals surface area contributed by atoms with Gasteiger partial charge in [0.25, 0.3) is 0 Å². The first-order chi connectivity index (χ1) is 8.74. The molecule has 0 spiro atoms. The Balaban J connectivity index is 4.84. The van der Waals surface area contributed by atoms with Gasteiger partial charge in [0.05, 0.1) is 0 Å². The quantitative estimate of drug-likeness (QED) is 0.394. The molecule has 0 unspecified atom stereocenters. The summed E-state index contributed by atoms with van der Waals surface area (Å²) in [5.74, 6) is 2.65. The highest BCUT2D eigenvalue weighted by molar-refractivity contribution is 7.75. The fourth-order valence-electron chi connectivity index (χ4n) is 2.36. The number of hydrogen-bond donors (Lipinski definition) is 0. The zero-order valence-corrected chi connectivity index (χ0v) is 14.1. The van der Waals surface area contributed by atoms with Crippen LogP contribution in [0.5, 0.6) is 0 Å². The maximum absolute atomic E-state index is 2.65. The molecule has 0 aliphatic rings. The van der Waals surface area contributed by atoms with Gasteiger partial charge in [0.2, 0.25) is 0 Å². The van der Waals surface area contributed by atoms with Gasteiger partial charge in [-0.25, -0.2) is 0 Å². The number of unbranched alkanes of at least 4 members (excludes halogenated alkanes) is 3. The molecule has 108 valence electrons. The van der Waals surface area contributed by atoms with Crippen molar-refractivity contribution in [1.82, 2.24) is 0 Å². The second-order valence-electron chi connectivity index (χ2n) is 5.44. The molecule has 0 aliphatic carbocycles. The van der Waals surface area contributed by atoms with Gasteiger partial charge in [-0.3, -0.25) is 0 Å². The van der Waals surface area contributed by atoms with E-state index in [-0.39, 0.29) is 0 Å². The van der Waals surface area contributed by atoms with Crippen LogP contribution in [0.1, 0.15) is 72.6 Å². The minimum absolute atomic E-state index is 0.787. The number of hydrogen-bond acceptors (Lipinski definition) is 0. The lowest BCUT2D eigenvalue weighted by Crippen LogP contribution is -2.03. The van der Waals surface area contributed by atoms with Crippen molar-refractivity contribution in [3.63, 3.8) is 0 Å². The Morgan fingerprint density at radius 3 is 1.50 bits per heavy atom. The lowest BCUT2D eigenvalue weighted by molar-refractivity contribution is 0.845. The Morgan fingerprint density at radius 2 is 1.17 bits per heavy atom. The van der Waals surface area contributed by atoms with E-state index in [4.69, 9.17) is 0 Å². The van der Waals surface area contributed by atoms with E-state index in [1.54, 1.807) is 0 Å². The summed E-state index contributed by atoms with van der Waals surface area (Å²) in [4.78, 5) is 0. The average molecular weight is 270 g/mol. The molecule has 1 heteroatoms. The summed E-state index contributed by atoms with van der Waals surface area (Å²) in [6.45, 7) is 8.43. The van der Waals surface area contributed by atoms with Crippen molar-refractivity contribution in [2.45, 2.75) is 72.6 Å². The summed E-state index contributed by atoms with van der Waals surface area (Å²) in [7, 11) is 0. The summed E-state index contributed by atoms with van der Waals surface area (Å²) < 4.78 is 0. The molecule has 0 fully saturated rings. The highest BCUT2D eigenvalue weighted by atomic mass is 31.2. The standard InChI is InChI=1S/C17H35P/c1-5-9-13-17-18(14-10-6-2,15-11-7-3)16-12-8-4/h9,13,17H,5-8,10-12,14-16H2,1-4H3/b13-9+. The van der Waals surface area contributed by atoms with Crippen LogP contribution in [-0.4, -0.2) is 24.3 Å². The fraction of sp³-hybridized carbons (Fsp3) is 0.824. The molecule has 18 heavy (non-hydrogen) atoms. The maximum Gasteiger partial charge on any atom is -0.0327 e. The SMILES string of the molecule is CC/C=C/C=P(CCCC)(CCCC)CCCC. The highest BCUT2D eigenvalue weighted by Crippen LogP contribution is 2.49. The van der Waals surface area contributed by atoms with E-state index >= 15 is 0 Å². The smallest absolute Gasteiger partial charge is 0.0327 e. The van der Waals surface area contributed by atoms with Crippen LogP contribution >= 0.6 is 6.89 Å². The van der Waals surface area contributed by atoms with Gasteiger partial charge in [-0.15, -0.1) is 6.89 Å². The molecule has 0 radical (unpaired) electrons. The summed E-state index contributed by atoms with van der Waals surface area (Å²) in [6, 6.07) is 0. The van der Waals surface area contributed by atoms with Crippen molar-refractivity contribution in [2.24, 2.45) is 0 Å². The number of rotatable bonds is 11. The third-order valence-electron chi connectivity index (χ3n) is 3.65. The summed E-state index contributed by atoms with van der Waals surface area (Å²) in [5, 5.41) is 0. The third kappa shape index (κ3) is 8.20. The number of allylic oxidation sites excluding steroid dienone is 2. The van der Waals surface area contributed by atoms with Crippen LogP contribution in [0.2, 0.25) is 0 Å². The van der Waals surface area contributed by atoms with E-state index in [0.29, 0.717) is 0 Å². The topological polar surface area (TPSA) is 0 Å². The lowest BCUT2D eigenvalue weighted by Gasteiger charge is -2.26. The van der Waals surface area contributed by atoms with E-state index in [9.17, 15) is 0 Å². The molecular weight excluding hydrogens is 235 g/mol. The Hall–Kier alpha value is 0.0400. The molecule has 0 aromatic carbocycles. The van der Waals surface area contributed by atoms with E-state index in [2.05, 4.69) is 45.6 Å². The molecule has 0 aliphatic heterocycles. The van der Waals surface area contributed by atoms with Gasteiger partial charge in [-0.05, 0) is 44.2 Å². The Morgan fingerprint density at radius 1 is 0.722 bits per heavy atom. The van der Waals surface area contributed by atoms with E-state index in [0.717, 1.165) is 0 Å². The predicted octanol–water partition coefficient (Wildman–Crippen LogP) is 6.17. The van der Waals surface area contributed by atoms with Gasteiger partial charge in [0, 0.05) is 0 Å². The van der Waals surface area contributed by atoms with Crippen LogP contribution in [0.3, 0.4) is 0 Å². The summed E-state index contributed by atoms with van der Waals surface area (Å²) in [6.07, 6.45) is 18.7. The van der Waals surface area contributed by atoms with Crippen LogP contribution in [0, 0.1) is 0 Å². The highest BCUT2D eigenvalue weighted by Gasteiger charge is 2.14. The van der Waals surface area contributed by atoms with Crippen molar-refractivity contribution in [3.8, 4) is 0 Å². The summed E-state index contributed by atoms with van der Waals surface area (Å²) in [5.41, 5.74) is 0. The molecule has 0 atom stereocenters. The Bertz CT molecular complexity index is 222.